The molecule has 1 aromatic rings. The van der Waals surface area contributed by atoms with E-state index in [1.54, 1.807) is 45.0 Å². The summed E-state index contributed by atoms with van der Waals surface area (Å²) >= 11 is 0. The SMILES string of the molecule is CC(C)(C)OC(=O)N[C@H](CN)C(C)(C)C.CC(C)(C)OC(=O)N[C@H](CN1C(=O)c2ccccc2C1=O)C(C)(C)C.[B]B([B])[B].[B][B][B]. The maximum Gasteiger partial charge on any atom is 0.407 e. The zero-order valence-corrected chi connectivity index (χ0v) is 30.4. The average molecular weight is 638 g/mol. The smallest absolute Gasteiger partial charge is 0.407 e. The van der Waals surface area contributed by atoms with Crippen LogP contribution in [0.5, 0.6) is 0 Å². The Bertz CT molecular complexity index is 1110. The van der Waals surface area contributed by atoms with Crippen LogP contribution in [0.1, 0.15) is 104 Å². The van der Waals surface area contributed by atoms with Gasteiger partial charge in [0, 0.05) is 64.7 Å². The highest BCUT2D eigenvalue weighted by molar-refractivity contribution is 7.49. The molecular formula is C30H50B7N4O6. The minimum Gasteiger partial charge on any atom is -0.444 e. The van der Waals surface area contributed by atoms with E-state index >= 15 is 0 Å². The second-order valence-corrected chi connectivity index (χ2v) is 14.9. The molecule has 0 saturated carbocycles. The predicted octanol–water partition coefficient (Wildman–Crippen LogP) is 2.44. The summed E-state index contributed by atoms with van der Waals surface area (Å²) in [6, 6.07) is 6.23. The zero-order valence-electron chi connectivity index (χ0n) is 30.4. The number of carbonyl (C=O) groups excluding carboxylic acids is 4. The summed E-state index contributed by atoms with van der Waals surface area (Å²) < 4.78 is 10.5. The van der Waals surface area contributed by atoms with Gasteiger partial charge in [0.1, 0.15) is 11.2 Å². The minimum absolute atomic E-state index is 0.0638. The maximum absolute atomic E-state index is 12.5. The standard InChI is InChI=1S/C19H26N2O4.C11H24N2O2.B4.B3/c1-18(2,3)14(20-17(24)25-19(4,5)6)11-21-15(22)12-9-7-8-10-13(12)16(21)23;1-10(2,3)8(7-12)13-9(14)15-11(4,5)6;1-4(2)3;1-3-2/h7-10,14H,11H2,1-6H3,(H,20,24);8H,7,12H2,1-6H3,(H,13,14);;/t14-;8-;;/m11../s1. The van der Waals surface area contributed by atoms with Crippen LogP contribution in [0.25, 0.3) is 0 Å². The second kappa shape index (κ2) is 20.0. The Morgan fingerprint density at radius 3 is 1.32 bits per heavy atom. The van der Waals surface area contributed by atoms with Gasteiger partial charge in [-0.25, -0.2) is 9.59 Å². The van der Waals surface area contributed by atoms with E-state index < -0.39 is 35.8 Å². The molecule has 0 saturated heterocycles. The van der Waals surface area contributed by atoms with Crippen molar-refractivity contribution < 1.29 is 28.7 Å². The van der Waals surface area contributed by atoms with Gasteiger partial charge in [0.05, 0.1) is 23.7 Å². The molecule has 4 N–H and O–H groups in total. The number of nitrogens with one attached hydrogen (secondary N) is 2. The monoisotopic (exact) mass is 639 g/mol. The summed E-state index contributed by atoms with van der Waals surface area (Å²) in [5.41, 5.74) is 4.87. The van der Waals surface area contributed by atoms with E-state index in [0.717, 1.165) is 7.06 Å². The topological polar surface area (TPSA) is 140 Å². The first-order valence-corrected chi connectivity index (χ1v) is 15.3. The van der Waals surface area contributed by atoms with E-state index in [0.29, 0.717) is 17.7 Å². The Labute approximate surface area is 291 Å². The molecular weight excluding hydrogens is 588 g/mol. The van der Waals surface area contributed by atoms with Crippen LogP contribution in [0.3, 0.4) is 0 Å². The largest absolute Gasteiger partial charge is 0.444 e. The molecule has 247 valence electrons. The summed E-state index contributed by atoms with van der Waals surface area (Å²) in [5.74, 6) is -0.665. The molecule has 4 amide bonds. The highest BCUT2D eigenvalue weighted by Gasteiger charge is 2.39. The van der Waals surface area contributed by atoms with Crippen molar-refractivity contribution in [1.82, 2.24) is 15.5 Å². The van der Waals surface area contributed by atoms with Gasteiger partial charge in [-0.05, 0) is 64.5 Å². The number of imide groups is 1. The molecule has 2 atom stereocenters. The van der Waals surface area contributed by atoms with Crippen molar-refractivity contribution in [1.29, 1.82) is 0 Å². The summed E-state index contributed by atoms with van der Waals surface area (Å²) in [7, 11) is 24.0. The van der Waals surface area contributed by atoms with Crippen molar-refractivity contribution in [2.24, 2.45) is 16.6 Å². The number of hydrogen-bond acceptors (Lipinski definition) is 7. The first-order chi connectivity index (χ1) is 21.1. The average Bonchev–Trinajstić information content (AvgIpc) is 3.09. The van der Waals surface area contributed by atoms with Crippen LogP contribution in [0.2, 0.25) is 0 Å². The fourth-order valence-electron chi connectivity index (χ4n) is 3.65. The Morgan fingerprint density at radius 1 is 0.766 bits per heavy atom. The molecule has 0 unspecified atom stereocenters. The van der Waals surface area contributed by atoms with E-state index in [1.807, 2.05) is 62.3 Å². The minimum atomic E-state index is -0.667. The number of nitrogens with two attached hydrogens (primary N) is 1. The third-order valence-corrected chi connectivity index (χ3v) is 5.95. The number of ether oxygens (including phenoxy) is 2. The number of amides is 4. The molecule has 1 aromatic carbocycles. The van der Waals surface area contributed by atoms with Crippen molar-refractivity contribution in [2.75, 3.05) is 13.1 Å². The third-order valence-electron chi connectivity index (χ3n) is 5.95. The summed E-state index contributed by atoms with van der Waals surface area (Å²) in [6.07, 6.45) is -1.64. The van der Waals surface area contributed by atoms with Gasteiger partial charge in [-0.2, -0.15) is 0 Å². The number of benzene rings is 1. The zero-order chi connectivity index (χ0) is 37.6. The summed E-state index contributed by atoms with van der Waals surface area (Å²) in [4.78, 5) is 49.9. The summed E-state index contributed by atoms with van der Waals surface area (Å²) in [6.45, 7) is 23.2. The van der Waals surface area contributed by atoms with E-state index in [2.05, 4.69) is 49.3 Å². The van der Waals surface area contributed by atoms with Crippen LogP contribution >= 0.6 is 0 Å². The lowest BCUT2D eigenvalue weighted by Crippen LogP contribution is -2.52. The van der Waals surface area contributed by atoms with Gasteiger partial charge in [0.25, 0.3) is 11.8 Å². The number of alkyl carbamates (subject to hydrolysis) is 2. The van der Waals surface area contributed by atoms with E-state index in [-0.39, 0.29) is 35.2 Å². The molecule has 47 heavy (non-hydrogen) atoms. The number of carbonyl (C=O) groups is 4. The predicted molar refractivity (Wildman–Crippen MR) is 196 cm³/mol. The van der Waals surface area contributed by atoms with Crippen molar-refractivity contribution >= 4 is 76.1 Å². The first-order valence-electron chi connectivity index (χ1n) is 15.3. The second-order valence-electron chi connectivity index (χ2n) is 14.9. The number of rotatable bonds is 5. The van der Waals surface area contributed by atoms with E-state index in [9.17, 15) is 19.2 Å². The fourth-order valence-corrected chi connectivity index (χ4v) is 3.65. The van der Waals surface area contributed by atoms with Crippen molar-refractivity contribution in [3.8, 4) is 0 Å². The van der Waals surface area contributed by atoms with Crippen LogP contribution in [-0.4, -0.2) is 117 Å². The molecule has 1 heterocycles. The number of nitrogens with zero attached hydrogens (tertiary/aromatic N) is 1. The molecule has 17 heteroatoms. The molecule has 0 spiro atoms. The fraction of sp³-hybridized carbons (Fsp3) is 0.667. The first kappa shape index (κ1) is 46.4. The molecule has 0 bridgehead atoms. The van der Waals surface area contributed by atoms with Gasteiger partial charge in [0.2, 0.25) is 0 Å². The van der Waals surface area contributed by atoms with Crippen LogP contribution in [0.15, 0.2) is 24.3 Å². The van der Waals surface area contributed by atoms with Crippen molar-refractivity contribution in [2.45, 2.75) is 106 Å². The molecule has 1 aliphatic rings. The third kappa shape index (κ3) is 20.3. The number of fused-ring (bicyclic) bond motifs is 1. The van der Waals surface area contributed by atoms with Crippen LogP contribution < -0.4 is 16.4 Å². The van der Waals surface area contributed by atoms with E-state index in [4.69, 9.17) is 15.2 Å². The normalized spacial score (nSPS) is 13.9. The summed E-state index contributed by atoms with van der Waals surface area (Å²) in [5, 5.41) is 5.58. The van der Waals surface area contributed by atoms with Crippen LogP contribution in [-0.2, 0) is 9.47 Å². The van der Waals surface area contributed by atoms with Crippen molar-refractivity contribution in [3.63, 3.8) is 0 Å². The van der Waals surface area contributed by atoms with E-state index in [1.165, 1.54) is 4.90 Å². The van der Waals surface area contributed by atoms with Gasteiger partial charge in [-0.15, -0.1) is 0 Å². The van der Waals surface area contributed by atoms with Gasteiger partial charge < -0.3 is 25.8 Å². The molecule has 0 fully saturated rings. The Balaban J connectivity index is 0. The lowest BCUT2D eigenvalue weighted by molar-refractivity contribution is 0.0410. The highest BCUT2D eigenvalue weighted by atomic mass is 16.6. The van der Waals surface area contributed by atoms with Gasteiger partial charge >= 0.3 is 12.2 Å². The Morgan fingerprint density at radius 2 is 1.06 bits per heavy atom. The molecule has 11 radical (unpaired) electrons. The highest BCUT2D eigenvalue weighted by Crippen LogP contribution is 2.27. The quantitative estimate of drug-likeness (QED) is 0.333. The lowest BCUT2D eigenvalue weighted by Gasteiger charge is -2.34. The Hall–Kier alpha value is -2.69. The molecule has 10 nitrogen and oxygen atoms in total. The number of hydrogen-bond donors (Lipinski definition) is 3. The van der Waals surface area contributed by atoms with Gasteiger partial charge in [-0.1, -0.05) is 53.7 Å². The van der Waals surface area contributed by atoms with Crippen molar-refractivity contribution in [3.05, 3.63) is 35.4 Å². The van der Waals surface area contributed by atoms with Crippen LogP contribution in [0.4, 0.5) is 9.59 Å². The van der Waals surface area contributed by atoms with Gasteiger partial charge in [0.15, 0.2) is 0 Å². The lowest BCUT2D eigenvalue weighted by atomic mass is 9.08. The molecule has 1 aliphatic heterocycles. The molecule has 0 aliphatic carbocycles. The molecule has 2 rings (SSSR count). The Kier molecular flexibility index (Phi) is 19.7. The van der Waals surface area contributed by atoms with Crippen LogP contribution in [0, 0.1) is 10.8 Å². The maximum atomic E-state index is 12.5. The molecule has 0 aromatic heterocycles. The van der Waals surface area contributed by atoms with Gasteiger partial charge in [-0.3, -0.25) is 14.5 Å².